The third-order valence-electron chi connectivity index (χ3n) is 9.36. The maximum Gasteiger partial charge on any atom is 0.209 e. The lowest BCUT2D eigenvalue weighted by molar-refractivity contribution is -0.158. The number of allylic oxidation sites excluding steroid dienone is 3. The fourth-order valence-electron chi connectivity index (χ4n) is 7.82. The Morgan fingerprint density at radius 3 is 2.15 bits per heavy atom. The fraction of sp³-hybridized carbons (Fsp3) is 0.412. The summed E-state index contributed by atoms with van der Waals surface area (Å²) in [6, 6.07) is 8.14. The number of fused-ring (bicyclic) bond motifs is 3. The van der Waals surface area contributed by atoms with Gasteiger partial charge in [0.1, 0.15) is 22.8 Å². The van der Waals surface area contributed by atoms with Gasteiger partial charge >= 0.3 is 0 Å². The van der Waals surface area contributed by atoms with Gasteiger partial charge in [-0.15, -0.1) is 0 Å². The van der Waals surface area contributed by atoms with E-state index < -0.39 is 39.3 Å². The van der Waals surface area contributed by atoms with E-state index in [0.29, 0.717) is 28.7 Å². The molecular weight excluding hydrogens is 504 g/mol. The summed E-state index contributed by atoms with van der Waals surface area (Å²) in [6.45, 7) is 17.3. The minimum atomic E-state index is -2.42. The first kappa shape index (κ1) is 27.9. The van der Waals surface area contributed by atoms with Crippen LogP contribution in [-0.4, -0.2) is 37.6 Å². The number of aromatic hydroxyl groups is 1. The van der Waals surface area contributed by atoms with E-state index in [1.54, 1.807) is 6.92 Å². The van der Waals surface area contributed by atoms with E-state index in [0.717, 1.165) is 34.7 Å². The number of hydrogen-bond donors (Lipinski definition) is 4. The van der Waals surface area contributed by atoms with Gasteiger partial charge in [-0.3, -0.25) is 9.59 Å². The maximum atomic E-state index is 13.6. The number of benzene rings is 2. The van der Waals surface area contributed by atoms with Crippen LogP contribution in [0.1, 0.15) is 81.2 Å². The van der Waals surface area contributed by atoms with Gasteiger partial charge in [0.05, 0.1) is 0 Å². The molecule has 0 bridgehead atoms. The summed E-state index contributed by atoms with van der Waals surface area (Å²) < 4.78 is 0. The standard InChI is InChI=1S/C34H38O6/c1-16(2)22-12-23(21-10-17(3)9-18(4)11-21)29(37)26-19(5)28-31(39)34(40)30(38)27(20(6)35)25(36)14-33(34,8)15-32(28,7)13-24(22)26/h9-12,16,36-37,39-40H,5,13-15H2,1-4,6-8H3/t32-,33+,34+/m1/s1. The Balaban J connectivity index is 1.81. The van der Waals surface area contributed by atoms with Crippen LogP contribution in [0, 0.1) is 24.7 Å². The molecule has 3 aliphatic carbocycles. The number of phenols is 1. The Bertz CT molecular complexity index is 1580. The van der Waals surface area contributed by atoms with Crippen molar-refractivity contribution in [3.05, 3.63) is 81.3 Å². The average Bonchev–Trinajstić information content (AvgIpc) is 2.80. The van der Waals surface area contributed by atoms with E-state index in [-0.39, 0.29) is 30.3 Å². The minimum absolute atomic E-state index is 0.0361. The zero-order valence-electron chi connectivity index (χ0n) is 24.3. The fourth-order valence-corrected chi connectivity index (χ4v) is 7.82. The molecule has 0 fully saturated rings. The van der Waals surface area contributed by atoms with Crippen LogP contribution in [0.3, 0.4) is 0 Å². The minimum Gasteiger partial charge on any atom is -0.511 e. The summed E-state index contributed by atoms with van der Waals surface area (Å²) in [5.74, 6) is -2.45. The highest BCUT2D eigenvalue weighted by atomic mass is 16.3. The zero-order chi connectivity index (χ0) is 29.7. The van der Waals surface area contributed by atoms with Crippen LogP contribution in [0.5, 0.6) is 5.75 Å². The topological polar surface area (TPSA) is 115 Å². The van der Waals surface area contributed by atoms with Crippen LogP contribution < -0.4 is 0 Å². The van der Waals surface area contributed by atoms with Crippen molar-refractivity contribution >= 4 is 17.1 Å². The number of carbonyl (C=O) groups is 2. The average molecular weight is 543 g/mol. The molecule has 40 heavy (non-hydrogen) atoms. The molecule has 6 heteroatoms. The number of ketones is 2. The van der Waals surface area contributed by atoms with Gasteiger partial charge in [-0.25, -0.2) is 0 Å². The summed E-state index contributed by atoms with van der Waals surface area (Å²) >= 11 is 0. The van der Waals surface area contributed by atoms with Gasteiger partial charge in [0.15, 0.2) is 11.4 Å². The van der Waals surface area contributed by atoms with Crippen LogP contribution in [0.25, 0.3) is 16.7 Å². The first-order chi connectivity index (χ1) is 18.5. The predicted octanol–water partition coefficient (Wildman–Crippen LogP) is 6.70. The number of aliphatic hydroxyl groups excluding tert-OH is 2. The van der Waals surface area contributed by atoms with Crippen LogP contribution in [0.15, 0.2) is 53.5 Å². The molecule has 210 valence electrons. The maximum absolute atomic E-state index is 13.6. The third-order valence-corrected chi connectivity index (χ3v) is 9.36. The van der Waals surface area contributed by atoms with Gasteiger partial charge in [0.2, 0.25) is 5.78 Å². The second-order valence-electron chi connectivity index (χ2n) is 13.0. The second kappa shape index (κ2) is 8.68. The van der Waals surface area contributed by atoms with Crippen LogP contribution >= 0.6 is 0 Å². The van der Waals surface area contributed by atoms with Gasteiger partial charge in [0, 0.05) is 34.0 Å². The van der Waals surface area contributed by atoms with E-state index >= 15 is 0 Å². The molecule has 0 heterocycles. The van der Waals surface area contributed by atoms with Crippen molar-refractivity contribution in [1.29, 1.82) is 0 Å². The largest absolute Gasteiger partial charge is 0.511 e. The quantitative estimate of drug-likeness (QED) is 0.321. The molecule has 3 atom stereocenters. The molecule has 6 nitrogen and oxygen atoms in total. The molecule has 2 aromatic carbocycles. The van der Waals surface area contributed by atoms with Gasteiger partial charge in [-0.1, -0.05) is 63.6 Å². The smallest absolute Gasteiger partial charge is 0.209 e. The lowest BCUT2D eigenvalue weighted by Crippen LogP contribution is -2.63. The lowest BCUT2D eigenvalue weighted by Gasteiger charge is -2.57. The zero-order valence-corrected chi connectivity index (χ0v) is 24.3. The molecule has 3 aliphatic rings. The molecule has 0 radical (unpaired) electrons. The number of carbonyl (C=O) groups excluding carboxylic acids is 2. The summed E-state index contributed by atoms with van der Waals surface area (Å²) in [6.07, 6.45) is 0.537. The van der Waals surface area contributed by atoms with Crippen molar-refractivity contribution in [3.8, 4) is 16.9 Å². The van der Waals surface area contributed by atoms with Crippen molar-refractivity contribution in [2.75, 3.05) is 0 Å². The van der Waals surface area contributed by atoms with Gasteiger partial charge in [0.25, 0.3) is 0 Å². The molecule has 0 amide bonds. The molecule has 4 N–H and O–H groups in total. The lowest BCUT2D eigenvalue weighted by atomic mass is 9.48. The van der Waals surface area contributed by atoms with Crippen LogP contribution in [-0.2, 0) is 16.0 Å². The molecule has 0 spiro atoms. The number of phenolic OH excluding ortho intramolecular Hbond substituents is 1. The van der Waals surface area contributed by atoms with Crippen molar-refractivity contribution in [3.63, 3.8) is 0 Å². The summed E-state index contributed by atoms with van der Waals surface area (Å²) in [5, 5.41) is 46.3. The van der Waals surface area contributed by atoms with Crippen molar-refractivity contribution in [2.45, 2.75) is 79.2 Å². The van der Waals surface area contributed by atoms with Gasteiger partial charge in [-0.05, 0) is 67.9 Å². The highest BCUT2D eigenvalue weighted by Crippen LogP contribution is 2.65. The highest BCUT2D eigenvalue weighted by Gasteiger charge is 2.67. The Hall–Kier alpha value is -3.64. The van der Waals surface area contributed by atoms with Crippen LogP contribution in [0.2, 0.25) is 0 Å². The summed E-state index contributed by atoms with van der Waals surface area (Å²) in [5.41, 5.74) is 1.82. The molecule has 0 saturated heterocycles. The first-order valence-electron chi connectivity index (χ1n) is 13.8. The van der Waals surface area contributed by atoms with Gasteiger partial charge < -0.3 is 20.4 Å². The number of aliphatic hydroxyl groups is 3. The molecular formula is C34H38O6. The highest BCUT2D eigenvalue weighted by molar-refractivity contribution is 6.24. The number of rotatable bonds is 3. The molecule has 0 aliphatic heterocycles. The normalized spacial score (nSPS) is 28.0. The van der Waals surface area contributed by atoms with Crippen LogP contribution in [0.4, 0.5) is 0 Å². The number of aryl methyl sites for hydroxylation is 2. The second-order valence-corrected chi connectivity index (χ2v) is 13.0. The molecule has 2 aromatic rings. The first-order valence-corrected chi connectivity index (χ1v) is 13.8. The van der Waals surface area contributed by atoms with E-state index in [9.17, 15) is 30.0 Å². The Kier molecular flexibility index (Phi) is 6.05. The molecule has 0 saturated carbocycles. The SMILES string of the molecule is C=C1C2=C(O)[C@@]3(O)C(=O)C(C(C)=O)=C(O)C[C@@]3(C)C[C@@]2(C)Cc2c(C(C)C)cc(-c3cc(C)cc(C)c3)c(O)c21. The van der Waals surface area contributed by atoms with Crippen molar-refractivity contribution in [1.82, 2.24) is 0 Å². The van der Waals surface area contributed by atoms with E-state index in [1.165, 1.54) is 0 Å². The van der Waals surface area contributed by atoms with Crippen molar-refractivity contribution < 1.29 is 30.0 Å². The number of hydrogen-bond acceptors (Lipinski definition) is 6. The van der Waals surface area contributed by atoms with E-state index in [2.05, 4.69) is 26.5 Å². The summed E-state index contributed by atoms with van der Waals surface area (Å²) in [7, 11) is 0. The monoisotopic (exact) mass is 542 g/mol. The molecule has 0 unspecified atom stereocenters. The third kappa shape index (κ3) is 3.58. The Labute approximate surface area is 235 Å². The predicted molar refractivity (Wildman–Crippen MR) is 155 cm³/mol. The van der Waals surface area contributed by atoms with Gasteiger partial charge in [-0.2, -0.15) is 0 Å². The van der Waals surface area contributed by atoms with Crippen molar-refractivity contribution in [2.24, 2.45) is 10.8 Å². The molecule has 0 aromatic heterocycles. The van der Waals surface area contributed by atoms with E-state index in [4.69, 9.17) is 0 Å². The Morgan fingerprint density at radius 2 is 1.60 bits per heavy atom. The van der Waals surface area contributed by atoms with E-state index in [1.807, 2.05) is 39.0 Å². The number of Topliss-reactive ketones (excluding diaryl/α,β-unsaturated/α-hetero) is 2. The Morgan fingerprint density at radius 1 is 1.00 bits per heavy atom. The molecule has 5 rings (SSSR count). The summed E-state index contributed by atoms with van der Waals surface area (Å²) in [4.78, 5) is 25.9.